The summed E-state index contributed by atoms with van der Waals surface area (Å²) in [6, 6.07) is 6.66. The fourth-order valence-corrected chi connectivity index (χ4v) is 2.76. The van der Waals surface area contributed by atoms with E-state index in [1.54, 1.807) is 6.92 Å². The zero-order valence-electron chi connectivity index (χ0n) is 12.8. The van der Waals surface area contributed by atoms with Gasteiger partial charge in [0.15, 0.2) is 0 Å². The van der Waals surface area contributed by atoms with Crippen LogP contribution in [-0.4, -0.2) is 44.0 Å². The summed E-state index contributed by atoms with van der Waals surface area (Å²) in [6.45, 7) is 8.38. The predicted molar refractivity (Wildman–Crippen MR) is 83.0 cm³/mol. The molecule has 0 aromatic heterocycles. The summed E-state index contributed by atoms with van der Waals surface area (Å²) in [7, 11) is 1.97. The number of hydrogen-bond acceptors (Lipinski definition) is 3. The van der Waals surface area contributed by atoms with Crippen molar-refractivity contribution >= 4 is 11.6 Å². The molecule has 0 spiro atoms. The maximum atomic E-state index is 11.5. The van der Waals surface area contributed by atoms with Crippen molar-refractivity contribution in [2.75, 3.05) is 38.1 Å². The highest BCUT2D eigenvalue weighted by Crippen LogP contribution is 2.20. The van der Waals surface area contributed by atoms with Gasteiger partial charge in [-0.1, -0.05) is 6.07 Å². The van der Waals surface area contributed by atoms with E-state index in [9.17, 15) is 4.79 Å². The number of hydrogen-bond donors (Lipinski definition) is 1. The van der Waals surface area contributed by atoms with Crippen molar-refractivity contribution in [1.82, 2.24) is 10.2 Å². The molecule has 4 heteroatoms. The average Bonchev–Trinajstić information content (AvgIpc) is 2.67. The van der Waals surface area contributed by atoms with E-state index in [0.717, 1.165) is 39.1 Å². The van der Waals surface area contributed by atoms with Crippen LogP contribution in [-0.2, 0) is 11.3 Å². The Bertz CT molecular complexity index is 473. The van der Waals surface area contributed by atoms with Crippen molar-refractivity contribution in [3.63, 3.8) is 0 Å². The first-order valence-electron chi connectivity index (χ1n) is 7.36. The fraction of sp³-hybridized carbons (Fsp3) is 0.562. The van der Waals surface area contributed by atoms with Gasteiger partial charge in [-0.2, -0.15) is 0 Å². The number of nitrogens with zero attached hydrogens (tertiary/aromatic N) is 2. The number of carbonyl (C=O) groups is 1. The number of aryl methyl sites for hydroxylation is 1. The predicted octanol–water partition coefficient (Wildman–Crippen LogP) is 1.77. The Morgan fingerprint density at radius 1 is 1.25 bits per heavy atom. The normalized spacial score (nSPS) is 16.1. The Labute approximate surface area is 121 Å². The van der Waals surface area contributed by atoms with Gasteiger partial charge >= 0.3 is 0 Å². The minimum atomic E-state index is 0.187. The molecule has 0 saturated carbocycles. The Morgan fingerprint density at radius 2 is 2.05 bits per heavy atom. The maximum absolute atomic E-state index is 11.5. The number of amides is 1. The Hall–Kier alpha value is -1.55. The maximum Gasteiger partial charge on any atom is 0.219 e. The molecule has 110 valence electrons. The zero-order valence-corrected chi connectivity index (χ0v) is 12.8. The van der Waals surface area contributed by atoms with Gasteiger partial charge in [-0.05, 0) is 43.7 Å². The van der Waals surface area contributed by atoms with Crippen LogP contribution in [0.2, 0.25) is 0 Å². The highest BCUT2D eigenvalue weighted by molar-refractivity contribution is 5.73. The molecule has 0 radical (unpaired) electrons. The van der Waals surface area contributed by atoms with E-state index in [1.165, 1.54) is 16.8 Å². The summed E-state index contributed by atoms with van der Waals surface area (Å²) in [5, 5.41) is 3.19. The number of rotatable bonds is 3. The van der Waals surface area contributed by atoms with Crippen LogP contribution >= 0.6 is 0 Å². The molecule has 1 saturated heterocycles. The van der Waals surface area contributed by atoms with Crippen molar-refractivity contribution in [3.8, 4) is 0 Å². The lowest BCUT2D eigenvalue weighted by atomic mass is 10.1. The van der Waals surface area contributed by atoms with Gasteiger partial charge in [-0.25, -0.2) is 0 Å². The van der Waals surface area contributed by atoms with Crippen LogP contribution in [0.3, 0.4) is 0 Å². The molecule has 2 rings (SSSR count). The molecule has 1 aliphatic heterocycles. The SMILES string of the molecule is CNCc1ccc(N2CCCN(C(C)=O)CC2)cc1C. The van der Waals surface area contributed by atoms with E-state index in [-0.39, 0.29) is 5.91 Å². The number of anilines is 1. The van der Waals surface area contributed by atoms with Gasteiger partial charge in [0, 0.05) is 45.3 Å². The number of carbonyl (C=O) groups excluding carboxylic acids is 1. The van der Waals surface area contributed by atoms with Gasteiger partial charge in [0.25, 0.3) is 0 Å². The van der Waals surface area contributed by atoms with Crippen LogP contribution in [0, 0.1) is 6.92 Å². The molecule has 1 aromatic carbocycles. The topological polar surface area (TPSA) is 35.6 Å². The molecule has 0 aliphatic carbocycles. The summed E-state index contributed by atoms with van der Waals surface area (Å²) in [4.78, 5) is 15.8. The molecular weight excluding hydrogens is 250 g/mol. The first kappa shape index (κ1) is 14.9. The van der Waals surface area contributed by atoms with Gasteiger partial charge in [0.1, 0.15) is 0 Å². The molecule has 1 amide bonds. The molecule has 1 fully saturated rings. The standard InChI is InChI=1S/C16H25N3O/c1-13-11-16(6-5-15(13)12-17-3)19-8-4-7-18(9-10-19)14(2)20/h5-6,11,17H,4,7-10,12H2,1-3H3. The van der Waals surface area contributed by atoms with Gasteiger partial charge in [-0.3, -0.25) is 4.79 Å². The lowest BCUT2D eigenvalue weighted by Crippen LogP contribution is -2.33. The lowest BCUT2D eigenvalue weighted by Gasteiger charge is -2.24. The fourth-order valence-electron chi connectivity index (χ4n) is 2.76. The molecule has 1 aromatic rings. The second-order valence-electron chi connectivity index (χ2n) is 5.49. The van der Waals surface area contributed by atoms with Gasteiger partial charge in [-0.15, -0.1) is 0 Å². The quantitative estimate of drug-likeness (QED) is 0.913. The third-order valence-electron chi connectivity index (χ3n) is 4.00. The van der Waals surface area contributed by atoms with E-state index >= 15 is 0 Å². The van der Waals surface area contributed by atoms with Crippen LogP contribution in [0.15, 0.2) is 18.2 Å². The molecule has 1 heterocycles. The Balaban J connectivity index is 2.08. The zero-order chi connectivity index (χ0) is 14.5. The van der Waals surface area contributed by atoms with Crippen LogP contribution in [0.1, 0.15) is 24.5 Å². The van der Waals surface area contributed by atoms with Crippen molar-refractivity contribution in [2.45, 2.75) is 26.8 Å². The highest BCUT2D eigenvalue weighted by atomic mass is 16.2. The first-order chi connectivity index (χ1) is 9.61. The molecule has 0 bridgehead atoms. The van der Waals surface area contributed by atoms with Gasteiger partial charge < -0.3 is 15.1 Å². The first-order valence-corrected chi connectivity index (χ1v) is 7.36. The van der Waals surface area contributed by atoms with Gasteiger partial charge in [0.2, 0.25) is 5.91 Å². The molecule has 0 atom stereocenters. The Kier molecular flexibility index (Phi) is 5.01. The molecule has 1 N–H and O–H groups in total. The average molecular weight is 275 g/mol. The summed E-state index contributed by atoms with van der Waals surface area (Å²) in [5.74, 6) is 0.187. The third kappa shape index (κ3) is 3.51. The van der Waals surface area contributed by atoms with Crippen molar-refractivity contribution in [1.29, 1.82) is 0 Å². The number of benzene rings is 1. The molecular formula is C16H25N3O. The van der Waals surface area contributed by atoms with Crippen LogP contribution in [0.25, 0.3) is 0 Å². The Morgan fingerprint density at radius 3 is 2.70 bits per heavy atom. The van der Waals surface area contributed by atoms with E-state index in [4.69, 9.17) is 0 Å². The molecule has 1 aliphatic rings. The van der Waals surface area contributed by atoms with Crippen molar-refractivity contribution in [3.05, 3.63) is 29.3 Å². The minimum Gasteiger partial charge on any atom is -0.370 e. The highest BCUT2D eigenvalue weighted by Gasteiger charge is 2.17. The number of nitrogens with one attached hydrogen (secondary N) is 1. The minimum absolute atomic E-state index is 0.187. The van der Waals surface area contributed by atoms with Crippen LogP contribution < -0.4 is 10.2 Å². The van der Waals surface area contributed by atoms with E-state index in [0.29, 0.717) is 0 Å². The second kappa shape index (κ2) is 6.75. The molecule has 20 heavy (non-hydrogen) atoms. The third-order valence-corrected chi connectivity index (χ3v) is 4.00. The molecule has 0 unspecified atom stereocenters. The van der Waals surface area contributed by atoms with Crippen molar-refractivity contribution in [2.24, 2.45) is 0 Å². The van der Waals surface area contributed by atoms with Gasteiger partial charge in [0.05, 0.1) is 0 Å². The summed E-state index contributed by atoms with van der Waals surface area (Å²) < 4.78 is 0. The largest absolute Gasteiger partial charge is 0.370 e. The summed E-state index contributed by atoms with van der Waals surface area (Å²) in [6.07, 6.45) is 1.04. The van der Waals surface area contributed by atoms with E-state index in [1.807, 2.05) is 11.9 Å². The molecule has 4 nitrogen and oxygen atoms in total. The lowest BCUT2D eigenvalue weighted by molar-refractivity contribution is -0.128. The van der Waals surface area contributed by atoms with E-state index in [2.05, 4.69) is 35.3 Å². The monoisotopic (exact) mass is 275 g/mol. The second-order valence-corrected chi connectivity index (χ2v) is 5.49. The van der Waals surface area contributed by atoms with Crippen molar-refractivity contribution < 1.29 is 4.79 Å². The summed E-state index contributed by atoms with van der Waals surface area (Å²) in [5.41, 5.74) is 3.94. The summed E-state index contributed by atoms with van der Waals surface area (Å²) >= 11 is 0. The smallest absolute Gasteiger partial charge is 0.219 e. The van der Waals surface area contributed by atoms with Crippen LogP contribution in [0.5, 0.6) is 0 Å². The van der Waals surface area contributed by atoms with Crippen LogP contribution in [0.4, 0.5) is 5.69 Å². The van der Waals surface area contributed by atoms with E-state index < -0.39 is 0 Å².